The molecule has 1 heterocycles. The van der Waals surface area contributed by atoms with Crippen molar-refractivity contribution in [1.82, 2.24) is 9.21 Å². The van der Waals surface area contributed by atoms with Gasteiger partial charge in [-0.05, 0) is 70.2 Å². The molecule has 0 bridgehead atoms. The van der Waals surface area contributed by atoms with Gasteiger partial charge in [-0.25, -0.2) is 13.2 Å². The van der Waals surface area contributed by atoms with Gasteiger partial charge in [0.1, 0.15) is 18.0 Å². The first-order valence-electron chi connectivity index (χ1n) is 10.6. The summed E-state index contributed by atoms with van der Waals surface area (Å²) in [4.78, 5) is 14.0. The van der Waals surface area contributed by atoms with E-state index in [2.05, 4.69) is 0 Å². The molecule has 1 atom stereocenters. The van der Waals surface area contributed by atoms with E-state index in [1.807, 2.05) is 27.7 Å². The topological polar surface area (TPSA) is 85.4 Å². The molecule has 8 nitrogen and oxygen atoms in total. The third-order valence-electron chi connectivity index (χ3n) is 5.05. The maximum atomic E-state index is 13.2. The van der Waals surface area contributed by atoms with Gasteiger partial charge in [0.05, 0.1) is 11.5 Å². The monoisotopic (exact) mass is 456 g/mol. The van der Waals surface area contributed by atoms with Crippen molar-refractivity contribution < 1.29 is 27.4 Å². The van der Waals surface area contributed by atoms with E-state index >= 15 is 0 Å². The number of sulfonamides is 1. The van der Waals surface area contributed by atoms with Crippen LogP contribution in [0.4, 0.5) is 4.79 Å². The highest BCUT2D eigenvalue weighted by Crippen LogP contribution is 2.28. The van der Waals surface area contributed by atoms with Crippen LogP contribution in [-0.4, -0.2) is 76.3 Å². The summed E-state index contributed by atoms with van der Waals surface area (Å²) in [5.41, 5.74) is 0.195. The first-order valence-corrected chi connectivity index (χ1v) is 12.0. The Kier molecular flexibility index (Phi) is 8.73. The number of methoxy groups -OCH3 is 1. The number of carbonyl (C=O) groups excluding carboxylic acids is 1. The summed E-state index contributed by atoms with van der Waals surface area (Å²) in [6, 6.07) is 4.92. The zero-order valence-corrected chi connectivity index (χ0v) is 20.3. The summed E-state index contributed by atoms with van der Waals surface area (Å²) in [5.74, 6) is 0.699. The van der Waals surface area contributed by atoms with Crippen molar-refractivity contribution in [1.29, 1.82) is 0 Å². The van der Waals surface area contributed by atoms with Gasteiger partial charge in [0.2, 0.25) is 10.0 Å². The van der Waals surface area contributed by atoms with E-state index in [1.165, 1.54) is 9.21 Å². The first kappa shape index (κ1) is 25.4. The fraction of sp³-hybridized carbons (Fsp3) is 0.682. The molecule has 1 aliphatic heterocycles. The molecule has 31 heavy (non-hydrogen) atoms. The predicted molar refractivity (Wildman–Crippen MR) is 119 cm³/mol. The van der Waals surface area contributed by atoms with Crippen molar-refractivity contribution in [2.45, 2.75) is 51.0 Å². The average molecular weight is 457 g/mol. The lowest BCUT2D eigenvalue weighted by atomic mass is 9.99. The summed E-state index contributed by atoms with van der Waals surface area (Å²) in [6.07, 6.45) is 1.22. The number of aryl methyl sites for hydroxylation is 1. The zero-order chi connectivity index (χ0) is 23.2. The van der Waals surface area contributed by atoms with Crippen LogP contribution >= 0.6 is 0 Å². The summed E-state index contributed by atoms with van der Waals surface area (Å²) >= 11 is 0. The normalized spacial score (nSPS) is 17.9. The molecule has 2 rings (SSSR count). The van der Waals surface area contributed by atoms with Crippen molar-refractivity contribution >= 4 is 16.1 Å². The van der Waals surface area contributed by atoms with Crippen LogP contribution in [-0.2, 0) is 19.5 Å². The Hall–Kier alpha value is -1.84. The number of carbonyl (C=O) groups is 1. The van der Waals surface area contributed by atoms with Gasteiger partial charge < -0.3 is 19.1 Å². The van der Waals surface area contributed by atoms with Gasteiger partial charge in [-0.15, -0.1) is 0 Å². The van der Waals surface area contributed by atoms with Crippen LogP contribution < -0.4 is 4.74 Å². The fourth-order valence-corrected chi connectivity index (χ4v) is 5.16. The maximum Gasteiger partial charge on any atom is 0.410 e. The Morgan fingerprint density at radius 3 is 2.58 bits per heavy atom. The van der Waals surface area contributed by atoms with Gasteiger partial charge in [-0.2, -0.15) is 4.31 Å². The SMILES string of the molecule is COCCOc1ccc(S(=O)(=O)N2CCCC(CN(C)C(=O)OC(C)(C)C)C2)cc1C. The quantitative estimate of drug-likeness (QED) is 0.558. The van der Waals surface area contributed by atoms with E-state index in [0.717, 1.165) is 18.4 Å². The number of benzene rings is 1. The minimum absolute atomic E-state index is 0.0544. The largest absolute Gasteiger partial charge is 0.491 e. The number of amides is 1. The molecule has 0 aliphatic carbocycles. The van der Waals surface area contributed by atoms with Crippen molar-refractivity contribution in [3.05, 3.63) is 23.8 Å². The smallest absolute Gasteiger partial charge is 0.410 e. The third-order valence-corrected chi connectivity index (χ3v) is 6.91. The summed E-state index contributed by atoms with van der Waals surface area (Å²) in [5, 5.41) is 0. The fourth-order valence-electron chi connectivity index (χ4n) is 3.52. The van der Waals surface area contributed by atoms with Crippen molar-refractivity contribution in [2.24, 2.45) is 5.92 Å². The maximum absolute atomic E-state index is 13.2. The molecule has 1 aliphatic rings. The lowest BCUT2D eigenvalue weighted by molar-refractivity contribution is 0.0258. The molecule has 1 saturated heterocycles. The van der Waals surface area contributed by atoms with Crippen LogP contribution in [0.1, 0.15) is 39.2 Å². The number of nitrogens with zero attached hydrogens (tertiary/aromatic N) is 2. The second-order valence-electron chi connectivity index (χ2n) is 9.00. The van der Waals surface area contributed by atoms with Crippen LogP contribution in [0.2, 0.25) is 0 Å². The van der Waals surface area contributed by atoms with Gasteiger partial charge >= 0.3 is 6.09 Å². The van der Waals surface area contributed by atoms with E-state index in [1.54, 1.807) is 32.4 Å². The van der Waals surface area contributed by atoms with Crippen LogP contribution in [0.25, 0.3) is 0 Å². The van der Waals surface area contributed by atoms with Crippen molar-refractivity contribution in [2.75, 3.05) is 47.0 Å². The van der Waals surface area contributed by atoms with Gasteiger partial charge in [0.25, 0.3) is 0 Å². The Labute approximate surface area is 186 Å². The molecule has 1 unspecified atom stereocenters. The molecule has 0 saturated carbocycles. The minimum Gasteiger partial charge on any atom is -0.491 e. The summed E-state index contributed by atoms with van der Waals surface area (Å²) in [6.45, 7) is 9.47. The zero-order valence-electron chi connectivity index (χ0n) is 19.5. The molecule has 9 heteroatoms. The van der Waals surface area contributed by atoms with Gasteiger partial charge in [0.15, 0.2) is 0 Å². The molecule has 176 valence electrons. The van der Waals surface area contributed by atoms with E-state index in [4.69, 9.17) is 14.2 Å². The van der Waals surface area contributed by atoms with Gasteiger partial charge in [-0.3, -0.25) is 0 Å². The van der Waals surface area contributed by atoms with Crippen molar-refractivity contribution in [3.8, 4) is 5.75 Å². The Bertz CT molecular complexity index is 850. The first-order chi connectivity index (χ1) is 14.4. The molecule has 1 aromatic rings. The Morgan fingerprint density at radius 1 is 1.26 bits per heavy atom. The van der Waals surface area contributed by atoms with E-state index in [9.17, 15) is 13.2 Å². The molecule has 0 aromatic heterocycles. The van der Waals surface area contributed by atoms with Gasteiger partial charge in [-0.1, -0.05) is 0 Å². The molecule has 0 spiro atoms. The lowest BCUT2D eigenvalue weighted by Crippen LogP contribution is -2.44. The standard InChI is InChI=1S/C22H36N2O6S/c1-17-14-19(9-10-20(17)29-13-12-28-6)31(26,27)24-11-7-8-18(16-24)15-23(5)21(25)30-22(2,3)4/h9-10,14,18H,7-8,11-13,15-16H2,1-6H3. The van der Waals surface area contributed by atoms with E-state index < -0.39 is 21.7 Å². The average Bonchev–Trinajstić information content (AvgIpc) is 2.68. The van der Waals surface area contributed by atoms with Crippen LogP contribution in [0.5, 0.6) is 5.75 Å². The van der Waals surface area contributed by atoms with Crippen LogP contribution in [0.3, 0.4) is 0 Å². The number of rotatable bonds is 8. The highest BCUT2D eigenvalue weighted by Gasteiger charge is 2.32. The van der Waals surface area contributed by atoms with Crippen LogP contribution in [0.15, 0.2) is 23.1 Å². The molecule has 1 fully saturated rings. The molecular weight excluding hydrogens is 420 g/mol. The highest BCUT2D eigenvalue weighted by atomic mass is 32.2. The predicted octanol–water partition coefficient (Wildman–Crippen LogP) is 3.29. The molecular formula is C22H36N2O6S. The summed E-state index contributed by atoms with van der Waals surface area (Å²) < 4.78 is 44.0. The molecule has 0 N–H and O–H groups in total. The molecule has 1 aromatic carbocycles. The second-order valence-corrected chi connectivity index (χ2v) is 10.9. The highest BCUT2D eigenvalue weighted by molar-refractivity contribution is 7.89. The lowest BCUT2D eigenvalue weighted by Gasteiger charge is -2.34. The van der Waals surface area contributed by atoms with E-state index in [-0.39, 0.29) is 10.8 Å². The van der Waals surface area contributed by atoms with Gasteiger partial charge in [0, 0.05) is 33.8 Å². The minimum atomic E-state index is -3.63. The molecule has 0 radical (unpaired) electrons. The number of hydrogen-bond donors (Lipinski definition) is 0. The van der Waals surface area contributed by atoms with E-state index in [0.29, 0.717) is 38.6 Å². The molecule has 1 amide bonds. The number of piperidine rings is 1. The Balaban J connectivity index is 2.04. The third kappa shape index (κ3) is 7.36. The Morgan fingerprint density at radius 2 is 1.97 bits per heavy atom. The second kappa shape index (κ2) is 10.7. The number of ether oxygens (including phenoxy) is 3. The number of hydrogen-bond acceptors (Lipinski definition) is 6. The van der Waals surface area contributed by atoms with Crippen LogP contribution in [0, 0.1) is 12.8 Å². The van der Waals surface area contributed by atoms with Crippen molar-refractivity contribution in [3.63, 3.8) is 0 Å². The summed E-state index contributed by atoms with van der Waals surface area (Å²) in [7, 11) is -0.338.